The van der Waals surface area contributed by atoms with E-state index in [0.29, 0.717) is 0 Å². The van der Waals surface area contributed by atoms with Crippen molar-refractivity contribution >= 4 is 86.7 Å². The van der Waals surface area contributed by atoms with Gasteiger partial charge in [-0.05, 0) is 65.7 Å². The normalized spacial score (nSPS) is 12.0. The molecule has 10 aromatic rings. The van der Waals surface area contributed by atoms with E-state index in [1.165, 1.54) is 69.4 Å². The summed E-state index contributed by atoms with van der Waals surface area (Å²) in [6, 6.07) is 57.7. The zero-order valence-electron chi connectivity index (χ0n) is 24.3. The van der Waals surface area contributed by atoms with Gasteiger partial charge in [-0.15, -0.1) is 11.3 Å². The number of thiophene rings is 1. The van der Waals surface area contributed by atoms with E-state index in [1.54, 1.807) is 0 Å². The minimum atomic E-state index is 1.14. The van der Waals surface area contributed by atoms with Crippen molar-refractivity contribution < 1.29 is 0 Å². The molecule has 0 unspecified atom stereocenters. The van der Waals surface area contributed by atoms with Gasteiger partial charge in [0.15, 0.2) is 0 Å². The molecule has 3 heteroatoms. The number of nitrogens with zero attached hydrogens (tertiary/aromatic N) is 2. The van der Waals surface area contributed by atoms with Gasteiger partial charge >= 0.3 is 0 Å². The molecule has 0 bridgehead atoms. The second kappa shape index (κ2) is 9.43. The standard InChI is InChI=1S/C42H26N2S/c1-2-9-27(10-3-1)28-17-19-29(20-18-28)43(31-21-23-34-33-12-5-7-16-40(33)45-41(34)26-31)30-22-24-39-37(25-30)36-14-8-13-35-32-11-4-6-15-38(32)44(39)42(35)36/h1-26H. The van der Waals surface area contributed by atoms with Crippen LogP contribution in [0.15, 0.2) is 158 Å². The van der Waals surface area contributed by atoms with Crippen LogP contribution in [0.1, 0.15) is 0 Å². The van der Waals surface area contributed by atoms with E-state index < -0.39 is 0 Å². The summed E-state index contributed by atoms with van der Waals surface area (Å²) in [5, 5.41) is 7.81. The Morgan fingerprint density at radius 2 is 0.978 bits per heavy atom. The number of anilines is 3. The molecule has 0 aliphatic heterocycles. The molecule has 210 valence electrons. The Morgan fingerprint density at radius 3 is 1.84 bits per heavy atom. The fourth-order valence-electron chi connectivity index (χ4n) is 7.29. The third-order valence-corrected chi connectivity index (χ3v) is 10.5. The summed E-state index contributed by atoms with van der Waals surface area (Å²) in [5.74, 6) is 0. The van der Waals surface area contributed by atoms with Gasteiger partial charge in [0, 0.05) is 58.8 Å². The molecule has 0 aliphatic rings. The van der Waals surface area contributed by atoms with Gasteiger partial charge in [-0.25, -0.2) is 0 Å². The molecule has 0 radical (unpaired) electrons. The van der Waals surface area contributed by atoms with Crippen LogP contribution in [-0.4, -0.2) is 4.40 Å². The third-order valence-electron chi connectivity index (χ3n) is 9.32. The Labute approximate surface area is 264 Å². The first-order chi connectivity index (χ1) is 22.3. The van der Waals surface area contributed by atoms with Crippen molar-refractivity contribution in [3.8, 4) is 11.1 Å². The fourth-order valence-corrected chi connectivity index (χ4v) is 8.43. The monoisotopic (exact) mass is 590 g/mol. The highest BCUT2D eigenvalue weighted by Crippen LogP contribution is 2.44. The zero-order valence-corrected chi connectivity index (χ0v) is 25.1. The van der Waals surface area contributed by atoms with E-state index in [0.717, 1.165) is 17.1 Å². The van der Waals surface area contributed by atoms with Crippen LogP contribution in [0.2, 0.25) is 0 Å². The van der Waals surface area contributed by atoms with Crippen LogP contribution in [0.25, 0.3) is 69.4 Å². The minimum Gasteiger partial charge on any atom is -0.310 e. The second-order valence-corrected chi connectivity index (χ2v) is 12.9. The van der Waals surface area contributed by atoms with Gasteiger partial charge in [0.1, 0.15) is 0 Å². The molecule has 0 saturated carbocycles. The molecule has 0 spiro atoms. The fraction of sp³-hybridized carbons (Fsp3) is 0. The number of aromatic nitrogens is 1. The van der Waals surface area contributed by atoms with E-state index >= 15 is 0 Å². The summed E-state index contributed by atoms with van der Waals surface area (Å²) in [6.07, 6.45) is 0. The third kappa shape index (κ3) is 3.62. The van der Waals surface area contributed by atoms with Gasteiger partial charge in [-0.3, -0.25) is 0 Å². The number of benzene rings is 7. The van der Waals surface area contributed by atoms with Crippen molar-refractivity contribution in [2.24, 2.45) is 0 Å². The van der Waals surface area contributed by atoms with E-state index in [1.807, 2.05) is 11.3 Å². The van der Waals surface area contributed by atoms with Gasteiger partial charge in [-0.1, -0.05) is 103 Å². The molecule has 2 nitrogen and oxygen atoms in total. The van der Waals surface area contributed by atoms with E-state index in [4.69, 9.17) is 0 Å². The first kappa shape index (κ1) is 24.8. The molecular formula is C42H26N2S. The van der Waals surface area contributed by atoms with Crippen LogP contribution in [0.4, 0.5) is 17.1 Å². The smallest absolute Gasteiger partial charge is 0.0620 e. The molecule has 0 atom stereocenters. The highest BCUT2D eigenvalue weighted by Gasteiger charge is 2.20. The Hall–Kier alpha value is -5.64. The number of hydrogen-bond acceptors (Lipinski definition) is 2. The highest BCUT2D eigenvalue weighted by molar-refractivity contribution is 7.25. The highest BCUT2D eigenvalue weighted by atomic mass is 32.1. The Kier molecular flexibility index (Phi) is 5.19. The maximum absolute atomic E-state index is 2.45. The van der Waals surface area contributed by atoms with Crippen molar-refractivity contribution in [3.05, 3.63) is 158 Å². The average molecular weight is 591 g/mol. The predicted molar refractivity (Wildman–Crippen MR) is 194 cm³/mol. The average Bonchev–Trinajstić information content (AvgIpc) is 3.76. The lowest BCUT2D eigenvalue weighted by Crippen LogP contribution is -2.09. The zero-order chi connectivity index (χ0) is 29.5. The van der Waals surface area contributed by atoms with Crippen molar-refractivity contribution in [2.75, 3.05) is 4.90 Å². The topological polar surface area (TPSA) is 7.65 Å². The van der Waals surface area contributed by atoms with E-state index in [2.05, 4.69) is 167 Å². The first-order valence-corrected chi connectivity index (χ1v) is 16.2. The molecule has 0 amide bonds. The summed E-state index contributed by atoms with van der Waals surface area (Å²) in [7, 11) is 0. The van der Waals surface area contributed by atoms with E-state index in [9.17, 15) is 0 Å². The van der Waals surface area contributed by atoms with Gasteiger partial charge in [0.05, 0.1) is 16.6 Å². The van der Waals surface area contributed by atoms with Gasteiger partial charge in [-0.2, -0.15) is 0 Å². The molecule has 45 heavy (non-hydrogen) atoms. The van der Waals surface area contributed by atoms with Gasteiger partial charge in [0.25, 0.3) is 0 Å². The minimum absolute atomic E-state index is 1.14. The number of para-hydroxylation sites is 2. The van der Waals surface area contributed by atoms with Crippen LogP contribution < -0.4 is 4.90 Å². The summed E-state index contributed by atoms with van der Waals surface area (Å²) < 4.78 is 5.07. The quantitative estimate of drug-likeness (QED) is 0.198. The molecule has 0 aliphatic carbocycles. The lowest BCUT2D eigenvalue weighted by molar-refractivity contribution is 1.29. The van der Waals surface area contributed by atoms with Crippen LogP contribution >= 0.6 is 11.3 Å². The van der Waals surface area contributed by atoms with Crippen LogP contribution in [0.3, 0.4) is 0 Å². The molecule has 0 fully saturated rings. The summed E-state index contributed by atoms with van der Waals surface area (Å²) >= 11 is 1.86. The van der Waals surface area contributed by atoms with Gasteiger partial charge in [0.2, 0.25) is 0 Å². The molecule has 7 aromatic carbocycles. The molecule has 0 saturated heterocycles. The lowest BCUT2D eigenvalue weighted by atomic mass is 10.0. The predicted octanol–water partition coefficient (Wildman–Crippen LogP) is 12.3. The second-order valence-electron chi connectivity index (χ2n) is 11.8. The Bertz CT molecular complexity index is 2700. The van der Waals surface area contributed by atoms with Crippen molar-refractivity contribution in [2.45, 2.75) is 0 Å². The van der Waals surface area contributed by atoms with Crippen LogP contribution in [0, 0.1) is 0 Å². The summed E-state index contributed by atoms with van der Waals surface area (Å²) in [4.78, 5) is 2.41. The SMILES string of the molecule is c1ccc(-c2ccc(N(c3ccc4c(c3)sc3ccccc34)c3ccc4c(c3)c3cccc5c6ccccc6n4c53)cc2)cc1. The number of rotatable bonds is 4. The molecule has 10 rings (SSSR count). The largest absolute Gasteiger partial charge is 0.310 e. The maximum Gasteiger partial charge on any atom is 0.0620 e. The molecular weight excluding hydrogens is 565 g/mol. The maximum atomic E-state index is 2.45. The van der Waals surface area contributed by atoms with E-state index in [-0.39, 0.29) is 0 Å². The molecule has 0 N–H and O–H groups in total. The number of hydrogen-bond donors (Lipinski definition) is 0. The summed E-state index contributed by atoms with van der Waals surface area (Å²) in [6.45, 7) is 0. The first-order valence-electron chi connectivity index (χ1n) is 15.4. The van der Waals surface area contributed by atoms with Crippen molar-refractivity contribution in [3.63, 3.8) is 0 Å². The van der Waals surface area contributed by atoms with Crippen molar-refractivity contribution in [1.82, 2.24) is 4.40 Å². The number of fused-ring (bicyclic) bond motifs is 9. The van der Waals surface area contributed by atoms with Crippen molar-refractivity contribution in [1.29, 1.82) is 0 Å². The lowest BCUT2D eigenvalue weighted by Gasteiger charge is -2.26. The molecule has 3 heterocycles. The molecule has 3 aromatic heterocycles. The van der Waals surface area contributed by atoms with Crippen LogP contribution in [-0.2, 0) is 0 Å². The Morgan fingerprint density at radius 1 is 0.378 bits per heavy atom. The Balaban J connectivity index is 1.20. The summed E-state index contributed by atoms with van der Waals surface area (Å²) in [5.41, 5.74) is 9.68. The van der Waals surface area contributed by atoms with Gasteiger partial charge < -0.3 is 9.30 Å². The van der Waals surface area contributed by atoms with Crippen LogP contribution in [0.5, 0.6) is 0 Å².